The fraction of sp³-hybridized carbons (Fsp3) is 0. The molecule has 0 unspecified atom stereocenters. The predicted molar refractivity (Wildman–Crippen MR) is 79.1 cm³/mol. The van der Waals surface area contributed by atoms with Crippen molar-refractivity contribution in [3.05, 3.63) is 65.9 Å². The minimum absolute atomic E-state index is 0.203. The van der Waals surface area contributed by atoms with Gasteiger partial charge in [0, 0.05) is 28.7 Å². The quantitative estimate of drug-likeness (QED) is 0.801. The Hall–Kier alpha value is -2.66. The van der Waals surface area contributed by atoms with Gasteiger partial charge in [0.25, 0.3) is 5.91 Å². The van der Waals surface area contributed by atoms with E-state index in [2.05, 4.69) is 15.3 Å². The van der Waals surface area contributed by atoms with Crippen LogP contribution in [0, 0.1) is 0 Å². The molecular weight excluding hydrogens is 290 g/mol. The molecule has 0 atom stereocenters. The molecule has 3 aromatic rings. The highest BCUT2D eigenvalue weighted by Crippen LogP contribution is 2.26. The molecule has 0 aliphatic carbocycles. The van der Waals surface area contributed by atoms with Gasteiger partial charge in [0.15, 0.2) is 17.8 Å². The Morgan fingerprint density at radius 3 is 2.76 bits per heavy atom. The van der Waals surface area contributed by atoms with E-state index in [4.69, 9.17) is 16.0 Å². The van der Waals surface area contributed by atoms with Gasteiger partial charge in [-0.05, 0) is 24.3 Å². The number of nitrogens with zero attached hydrogens (tertiary/aromatic N) is 2. The summed E-state index contributed by atoms with van der Waals surface area (Å²) >= 11 is 5.95. The van der Waals surface area contributed by atoms with E-state index in [0.717, 1.165) is 0 Å². The van der Waals surface area contributed by atoms with Crippen LogP contribution in [-0.2, 0) is 0 Å². The van der Waals surface area contributed by atoms with E-state index < -0.39 is 0 Å². The first-order valence-corrected chi connectivity index (χ1v) is 6.52. The number of carbonyl (C=O) groups is 1. The normalized spacial score (nSPS) is 10.3. The van der Waals surface area contributed by atoms with Crippen LogP contribution in [0.1, 0.15) is 10.5 Å². The van der Waals surface area contributed by atoms with Crippen molar-refractivity contribution in [1.29, 1.82) is 0 Å². The average Bonchev–Trinajstić information content (AvgIpc) is 2.98. The number of oxazole rings is 1. The fourth-order valence-electron chi connectivity index (χ4n) is 1.87. The van der Waals surface area contributed by atoms with Gasteiger partial charge in [0.1, 0.15) is 0 Å². The Labute approximate surface area is 125 Å². The molecule has 6 heteroatoms. The van der Waals surface area contributed by atoms with Crippen LogP contribution in [0.5, 0.6) is 0 Å². The van der Waals surface area contributed by atoms with Gasteiger partial charge < -0.3 is 9.73 Å². The van der Waals surface area contributed by atoms with Crippen molar-refractivity contribution in [2.45, 2.75) is 0 Å². The van der Waals surface area contributed by atoms with Gasteiger partial charge in [0.05, 0.1) is 0 Å². The van der Waals surface area contributed by atoms with E-state index in [1.165, 1.54) is 6.39 Å². The predicted octanol–water partition coefficient (Wildman–Crippen LogP) is 3.64. The molecule has 0 radical (unpaired) electrons. The summed E-state index contributed by atoms with van der Waals surface area (Å²) in [5.41, 5.74) is 1.53. The van der Waals surface area contributed by atoms with E-state index in [-0.39, 0.29) is 11.6 Å². The lowest BCUT2D eigenvalue weighted by molar-refractivity contribution is 0.102. The number of nitrogens with one attached hydrogen (secondary N) is 1. The lowest BCUT2D eigenvalue weighted by Crippen LogP contribution is -2.13. The lowest BCUT2D eigenvalue weighted by Gasteiger charge is -2.04. The zero-order chi connectivity index (χ0) is 14.7. The first-order chi connectivity index (χ1) is 10.2. The molecule has 0 aliphatic heterocycles. The Bertz CT molecular complexity index is 771. The van der Waals surface area contributed by atoms with E-state index in [9.17, 15) is 4.79 Å². The SMILES string of the molecule is O=C(Nc1ccncc1)c1ncoc1-c1cccc(Cl)c1. The van der Waals surface area contributed by atoms with Crippen LogP contribution >= 0.6 is 11.6 Å². The smallest absolute Gasteiger partial charge is 0.278 e. The molecule has 1 aromatic carbocycles. The zero-order valence-electron chi connectivity index (χ0n) is 10.8. The topological polar surface area (TPSA) is 68.0 Å². The second-order valence-electron chi connectivity index (χ2n) is 4.23. The fourth-order valence-corrected chi connectivity index (χ4v) is 2.06. The largest absolute Gasteiger partial charge is 0.443 e. The van der Waals surface area contributed by atoms with Gasteiger partial charge in [0.2, 0.25) is 0 Å². The number of anilines is 1. The van der Waals surface area contributed by atoms with Crippen molar-refractivity contribution in [1.82, 2.24) is 9.97 Å². The Morgan fingerprint density at radius 1 is 1.19 bits per heavy atom. The number of rotatable bonds is 3. The Balaban J connectivity index is 1.90. The zero-order valence-corrected chi connectivity index (χ0v) is 11.5. The highest BCUT2D eigenvalue weighted by Gasteiger charge is 2.18. The van der Waals surface area contributed by atoms with Crippen molar-refractivity contribution in [3.8, 4) is 11.3 Å². The maximum Gasteiger partial charge on any atom is 0.278 e. The molecule has 1 N–H and O–H groups in total. The van der Waals surface area contributed by atoms with Gasteiger partial charge in [-0.3, -0.25) is 9.78 Å². The van der Waals surface area contributed by atoms with Crippen molar-refractivity contribution in [2.24, 2.45) is 0 Å². The Kier molecular flexibility index (Phi) is 3.66. The monoisotopic (exact) mass is 299 g/mol. The van der Waals surface area contributed by atoms with Gasteiger partial charge in [-0.2, -0.15) is 0 Å². The molecule has 2 aromatic heterocycles. The maximum absolute atomic E-state index is 12.3. The van der Waals surface area contributed by atoms with Gasteiger partial charge in [-0.1, -0.05) is 23.7 Å². The highest BCUT2D eigenvalue weighted by atomic mass is 35.5. The summed E-state index contributed by atoms with van der Waals surface area (Å²) in [5.74, 6) is 0.0222. The summed E-state index contributed by atoms with van der Waals surface area (Å²) in [4.78, 5) is 20.1. The lowest BCUT2D eigenvalue weighted by atomic mass is 10.1. The van der Waals surface area contributed by atoms with E-state index in [1.54, 1.807) is 48.8 Å². The molecule has 0 bridgehead atoms. The third kappa shape index (κ3) is 2.93. The van der Waals surface area contributed by atoms with Crippen molar-refractivity contribution >= 4 is 23.2 Å². The molecule has 104 valence electrons. The summed E-state index contributed by atoms with van der Waals surface area (Å²) in [6.07, 6.45) is 4.42. The maximum atomic E-state index is 12.3. The molecule has 0 fully saturated rings. The van der Waals surface area contributed by atoms with E-state index in [1.807, 2.05) is 0 Å². The molecule has 1 amide bonds. The third-order valence-electron chi connectivity index (χ3n) is 2.81. The number of amides is 1. The molecule has 21 heavy (non-hydrogen) atoms. The van der Waals surface area contributed by atoms with Crippen LogP contribution < -0.4 is 5.32 Å². The van der Waals surface area contributed by atoms with Crippen LogP contribution in [0.4, 0.5) is 5.69 Å². The number of aromatic nitrogens is 2. The first-order valence-electron chi connectivity index (χ1n) is 6.15. The number of hydrogen-bond acceptors (Lipinski definition) is 4. The van der Waals surface area contributed by atoms with Crippen LogP contribution in [0.2, 0.25) is 5.02 Å². The molecule has 0 spiro atoms. The Morgan fingerprint density at radius 2 is 2.00 bits per heavy atom. The van der Waals surface area contributed by atoms with Crippen LogP contribution in [0.3, 0.4) is 0 Å². The number of halogens is 1. The molecule has 2 heterocycles. The van der Waals surface area contributed by atoms with Gasteiger partial charge in [-0.25, -0.2) is 4.98 Å². The third-order valence-corrected chi connectivity index (χ3v) is 3.04. The van der Waals surface area contributed by atoms with E-state index >= 15 is 0 Å². The summed E-state index contributed by atoms with van der Waals surface area (Å²) in [7, 11) is 0. The average molecular weight is 300 g/mol. The molecule has 0 saturated heterocycles. The molecule has 3 rings (SSSR count). The second kappa shape index (κ2) is 5.76. The van der Waals surface area contributed by atoms with Gasteiger partial charge >= 0.3 is 0 Å². The minimum Gasteiger partial charge on any atom is -0.443 e. The first kappa shape index (κ1) is 13.3. The van der Waals surface area contributed by atoms with Crippen LogP contribution in [0.25, 0.3) is 11.3 Å². The van der Waals surface area contributed by atoms with Crippen molar-refractivity contribution in [2.75, 3.05) is 5.32 Å². The van der Waals surface area contributed by atoms with E-state index in [0.29, 0.717) is 22.0 Å². The molecule has 5 nitrogen and oxygen atoms in total. The standard InChI is InChI=1S/C15H10ClN3O2/c16-11-3-1-2-10(8-11)14-13(18-9-21-14)15(20)19-12-4-6-17-7-5-12/h1-9H,(H,17,19,20). The summed E-state index contributed by atoms with van der Waals surface area (Å²) in [6, 6.07) is 10.4. The number of benzene rings is 1. The van der Waals surface area contributed by atoms with Gasteiger partial charge in [-0.15, -0.1) is 0 Å². The number of hydrogen-bond donors (Lipinski definition) is 1. The van der Waals surface area contributed by atoms with Crippen LogP contribution in [-0.4, -0.2) is 15.9 Å². The summed E-state index contributed by atoms with van der Waals surface area (Å²) in [5, 5.41) is 3.29. The summed E-state index contributed by atoms with van der Waals surface area (Å²) in [6.45, 7) is 0. The van der Waals surface area contributed by atoms with Crippen molar-refractivity contribution in [3.63, 3.8) is 0 Å². The molecular formula is C15H10ClN3O2. The number of carbonyl (C=O) groups excluding carboxylic acids is 1. The molecule has 0 saturated carbocycles. The number of pyridine rings is 1. The highest BCUT2D eigenvalue weighted by molar-refractivity contribution is 6.30. The van der Waals surface area contributed by atoms with Crippen LogP contribution in [0.15, 0.2) is 59.6 Å². The minimum atomic E-state index is -0.357. The summed E-state index contributed by atoms with van der Waals surface area (Å²) < 4.78 is 5.32. The second-order valence-corrected chi connectivity index (χ2v) is 4.67. The van der Waals surface area contributed by atoms with Crippen molar-refractivity contribution < 1.29 is 9.21 Å². The molecule has 0 aliphatic rings.